The molecule has 0 aromatic heterocycles. The lowest BCUT2D eigenvalue weighted by atomic mass is 9.84. The molecule has 1 amide bonds. The number of aliphatic hydroxyl groups excluding tert-OH is 1. The standard InChI is InChI=1S/C32H42N4O6.2CH4.2H2S/c33-32-34-28-11-10-27(42-26-4-2-1-3-5-26)20-24(28)21-36(32)29(22-14-18-41-19-15-22)12-13-30(38)35(16-17-37)25-8-6-23(7-9-25)31(39)40;;;;/h1-5,10-11,20,22-23,25,29,37H,6-9,12-19,21H2,(H2,33,34)(H,39,40);2*1H4;2*1H2/t23?,25?,29-;;;;/m0..../s1. The fourth-order valence-corrected chi connectivity index (χ4v) is 6.64. The van der Waals surface area contributed by atoms with Crippen molar-refractivity contribution in [2.24, 2.45) is 22.6 Å². The zero-order valence-corrected chi connectivity index (χ0v) is 27.1. The monoisotopic (exact) mass is 678 g/mol. The summed E-state index contributed by atoms with van der Waals surface area (Å²) in [7, 11) is 0. The summed E-state index contributed by atoms with van der Waals surface area (Å²) < 4.78 is 11.7. The van der Waals surface area contributed by atoms with Crippen molar-refractivity contribution in [3.8, 4) is 11.5 Å². The maximum absolute atomic E-state index is 13.6. The van der Waals surface area contributed by atoms with Crippen LogP contribution in [-0.4, -0.2) is 76.3 Å². The Morgan fingerprint density at radius 3 is 2.30 bits per heavy atom. The number of amides is 1. The van der Waals surface area contributed by atoms with Crippen molar-refractivity contribution in [3.05, 3.63) is 54.1 Å². The predicted molar refractivity (Wildman–Crippen MR) is 193 cm³/mol. The molecule has 2 heterocycles. The van der Waals surface area contributed by atoms with Gasteiger partial charge in [0.2, 0.25) is 5.91 Å². The van der Waals surface area contributed by atoms with E-state index in [2.05, 4.69) is 4.90 Å². The number of para-hydroxylation sites is 1. The summed E-state index contributed by atoms with van der Waals surface area (Å²) in [6.45, 7) is 2.05. The lowest BCUT2D eigenvalue weighted by molar-refractivity contribution is -0.143. The number of ether oxygens (including phenoxy) is 2. The van der Waals surface area contributed by atoms with Crippen LogP contribution in [0, 0.1) is 11.8 Å². The average molecular weight is 679 g/mol. The first-order valence-electron chi connectivity index (χ1n) is 15.1. The largest absolute Gasteiger partial charge is 0.481 e. The van der Waals surface area contributed by atoms with Crippen molar-refractivity contribution in [2.75, 3.05) is 26.4 Å². The van der Waals surface area contributed by atoms with Gasteiger partial charge in [0.1, 0.15) is 11.5 Å². The van der Waals surface area contributed by atoms with Gasteiger partial charge in [-0.15, -0.1) is 0 Å². The Hall–Kier alpha value is -2.93. The summed E-state index contributed by atoms with van der Waals surface area (Å²) in [5, 5.41) is 19.1. The molecule has 10 nitrogen and oxygen atoms in total. The number of hydrogen-bond donors (Lipinski definition) is 3. The van der Waals surface area contributed by atoms with Crippen LogP contribution in [0.1, 0.15) is 71.8 Å². The molecule has 0 unspecified atom stereocenters. The molecule has 1 atom stereocenters. The van der Waals surface area contributed by atoms with E-state index in [0.717, 1.165) is 35.6 Å². The van der Waals surface area contributed by atoms with E-state index in [1.807, 2.05) is 48.5 Å². The number of rotatable bonds is 11. The number of aliphatic hydroxyl groups is 1. The Labute approximate surface area is 288 Å². The third kappa shape index (κ3) is 10.3. The highest BCUT2D eigenvalue weighted by Gasteiger charge is 2.35. The molecule has 4 N–H and O–H groups in total. The molecule has 258 valence electrons. The molecule has 2 fully saturated rings. The quantitative estimate of drug-likeness (QED) is 0.272. The van der Waals surface area contributed by atoms with Gasteiger partial charge < -0.3 is 35.2 Å². The fraction of sp³-hybridized carbons (Fsp3) is 0.559. The molecule has 0 spiro atoms. The molecule has 1 saturated carbocycles. The van der Waals surface area contributed by atoms with Crippen LogP contribution in [0.3, 0.4) is 0 Å². The molecule has 2 aromatic rings. The summed E-state index contributed by atoms with van der Waals surface area (Å²) in [6.07, 6.45) is 5.06. The van der Waals surface area contributed by atoms with Crippen molar-refractivity contribution in [2.45, 2.75) is 84.8 Å². The third-order valence-electron chi connectivity index (χ3n) is 8.91. The minimum atomic E-state index is -0.770. The van der Waals surface area contributed by atoms with E-state index in [-0.39, 0.29) is 78.9 Å². The van der Waals surface area contributed by atoms with Gasteiger partial charge in [0, 0.05) is 50.4 Å². The fourth-order valence-electron chi connectivity index (χ4n) is 6.64. The molecule has 5 rings (SSSR count). The highest BCUT2D eigenvalue weighted by Crippen LogP contribution is 2.36. The lowest BCUT2D eigenvalue weighted by Crippen LogP contribution is -2.50. The van der Waals surface area contributed by atoms with E-state index in [1.165, 1.54) is 0 Å². The molecular weight excluding hydrogens is 625 g/mol. The van der Waals surface area contributed by atoms with Crippen molar-refractivity contribution in [3.63, 3.8) is 0 Å². The normalized spacial score (nSPS) is 19.8. The second-order valence-corrected chi connectivity index (χ2v) is 11.5. The molecule has 0 bridgehead atoms. The van der Waals surface area contributed by atoms with Gasteiger partial charge in [0.25, 0.3) is 0 Å². The van der Waals surface area contributed by atoms with Gasteiger partial charge in [-0.05, 0) is 81.2 Å². The number of carboxylic acid groups (broad SMARTS) is 1. The van der Waals surface area contributed by atoms with Crippen molar-refractivity contribution in [1.82, 2.24) is 9.80 Å². The number of aliphatic imine (C=N–C) groups is 1. The van der Waals surface area contributed by atoms with E-state index in [4.69, 9.17) is 20.2 Å². The van der Waals surface area contributed by atoms with Crippen LogP contribution < -0.4 is 10.5 Å². The van der Waals surface area contributed by atoms with Crippen LogP contribution in [0.4, 0.5) is 5.69 Å². The summed E-state index contributed by atoms with van der Waals surface area (Å²) in [4.78, 5) is 33.6. The summed E-state index contributed by atoms with van der Waals surface area (Å²) in [5.74, 6) is 1.10. The van der Waals surface area contributed by atoms with Gasteiger partial charge in [-0.25, -0.2) is 4.99 Å². The number of guanidine groups is 1. The topological polar surface area (TPSA) is 138 Å². The summed E-state index contributed by atoms with van der Waals surface area (Å²) >= 11 is 0. The molecule has 1 aliphatic carbocycles. The van der Waals surface area contributed by atoms with Crippen LogP contribution in [0.25, 0.3) is 0 Å². The number of hydrogen-bond acceptors (Lipinski definition) is 8. The smallest absolute Gasteiger partial charge is 0.306 e. The van der Waals surface area contributed by atoms with Crippen LogP contribution in [0.5, 0.6) is 11.5 Å². The highest BCUT2D eigenvalue weighted by atomic mass is 32.1. The number of nitrogens with two attached hydrogens (primary N) is 1. The van der Waals surface area contributed by atoms with Crippen molar-refractivity contribution >= 4 is 50.5 Å². The van der Waals surface area contributed by atoms with Gasteiger partial charge >= 0.3 is 5.97 Å². The Morgan fingerprint density at radius 1 is 1.00 bits per heavy atom. The third-order valence-corrected chi connectivity index (χ3v) is 8.91. The van der Waals surface area contributed by atoms with Crippen LogP contribution in [-0.2, 0) is 20.9 Å². The van der Waals surface area contributed by atoms with Gasteiger partial charge in [-0.3, -0.25) is 9.59 Å². The zero-order valence-electron chi connectivity index (χ0n) is 25.1. The minimum absolute atomic E-state index is 0. The maximum atomic E-state index is 13.6. The Kier molecular flexibility index (Phi) is 17.6. The van der Waals surface area contributed by atoms with E-state index in [1.54, 1.807) is 4.90 Å². The molecule has 0 radical (unpaired) electrons. The van der Waals surface area contributed by atoms with Crippen molar-refractivity contribution < 1.29 is 29.3 Å². The molecule has 46 heavy (non-hydrogen) atoms. The van der Waals surface area contributed by atoms with E-state index < -0.39 is 5.97 Å². The summed E-state index contributed by atoms with van der Waals surface area (Å²) in [5.41, 5.74) is 8.40. The highest BCUT2D eigenvalue weighted by molar-refractivity contribution is 7.59. The number of nitrogens with zero attached hydrogens (tertiary/aromatic N) is 3. The van der Waals surface area contributed by atoms with Gasteiger partial charge in [0.15, 0.2) is 5.96 Å². The van der Waals surface area contributed by atoms with E-state index in [0.29, 0.717) is 70.2 Å². The zero-order chi connectivity index (χ0) is 29.5. The Bertz CT molecular complexity index is 1250. The van der Waals surface area contributed by atoms with Crippen LogP contribution in [0.2, 0.25) is 0 Å². The first kappa shape index (κ1) is 41.1. The first-order valence-corrected chi connectivity index (χ1v) is 15.1. The van der Waals surface area contributed by atoms with E-state index in [9.17, 15) is 19.8 Å². The molecule has 2 aromatic carbocycles. The summed E-state index contributed by atoms with van der Waals surface area (Å²) in [6, 6.07) is 15.4. The SMILES string of the molecule is C.C.NC1=Nc2ccc(Oc3ccccc3)cc2CN1[C@@H](CCC(=O)N(CCO)C1CCC(C(=O)O)CC1)C1CCOCC1.S.S. The van der Waals surface area contributed by atoms with Crippen LogP contribution >= 0.6 is 27.0 Å². The van der Waals surface area contributed by atoms with Gasteiger partial charge in [-0.1, -0.05) is 33.1 Å². The predicted octanol–water partition coefficient (Wildman–Crippen LogP) is 5.78. The van der Waals surface area contributed by atoms with Crippen LogP contribution in [0.15, 0.2) is 53.5 Å². The lowest BCUT2D eigenvalue weighted by Gasteiger charge is -2.42. The number of carboxylic acids is 1. The molecule has 12 heteroatoms. The second kappa shape index (κ2) is 19.7. The molecule has 1 saturated heterocycles. The first-order chi connectivity index (χ1) is 20.4. The number of carbonyl (C=O) groups is 2. The molecule has 2 aliphatic heterocycles. The van der Waals surface area contributed by atoms with Crippen molar-refractivity contribution in [1.29, 1.82) is 0 Å². The Morgan fingerprint density at radius 2 is 1.67 bits per heavy atom. The van der Waals surface area contributed by atoms with E-state index >= 15 is 0 Å². The Balaban J connectivity index is 0.00000264. The van der Waals surface area contributed by atoms with Gasteiger partial charge in [-0.2, -0.15) is 27.0 Å². The molecular formula is C34H54N4O6S2. The van der Waals surface area contributed by atoms with Gasteiger partial charge in [0.05, 0.1) is 18.2 Å². The number of fused-ring (bicyclic) bond motifs is 1. The molecule has 3 aliphatic rings. The maximum Gasteiger partial charge on any atom is 0.306 e. The average Bonchev–Trinajstić information content (AvgIpc) is 3.01. The number of benzene rings is 2. The second-order valence-electron chi connectivity index (χ2n) is 11.5. The minimum Gasteiger partial charge on any atom is -0.481 e. The number of carbonyl (C=O) groups excluding carboxylic acids is 1. The number of aliphatic carboxylic acids is 1.